The second-order valence-corrected chi connectivity index (χ2v) is 12.6. The molecule has 0 amide bonds. The molecule has 2 aliphatic heterocycles. The van der Waals surface area contributed by atoms with Crippen molar-refractivity contribution in [1.82, 2.24) is 0 Å². The summed E-state index contributed by atoms with van der Waals surface area (Å²) in [5.74, 6) is 0. The Morgan fingerprint density at radius 1 is 0.432 bits per heavy atom. The van der Waals surface area contributed by atoms with Crippen molar-refractivity contribution in [3.8, 4) is 22.3 Å². The molecule has 0 atom stereocenters. The number of fused-ring (bicyclic) bond motifs is 2. The van der Waals surface area contributed by atoms with Gasteiger partial charge < -0.3 is 9.80 Å². The van der Waals surface area contributed by atoms with Crippen LogP contribution in [0.25, 0.3) is 43.8 Å². The third-order valence-electron chi connectivity index (χ3n) is 10.2. The van der Waals surface area contributed by atoms with Gasteiger partial charge in [0.2, 0.25) is 0 Å². The number of benzene rings is 5. The van der Waals surface area contributed by atoms with Gasteiger partial charge in [0.25, 0.3) is 0 Å². The molecule has 0 fully saturated rings. The van der Waals surface area contributed by atoms with Crippen LogP contribution in [0.1, 0.15) is 38.5 Å². The van der Waals surface area contributed by atoms with Crippen molar-refractivity contribution in [3.05, 3.63) is 144 Å². The summed E-state index contributed by atoms with van der Waals surface area (Å²) in [7, 11) is 0. The van der Waals surface area contributed by atoms with Crippen molar-refractivity contribution in [2.24, 2.45) is 0 Å². The smallest absolute Gasteiger partial charge is 0.0417 e. The fourth-order valence-electron chi connectivity index (χ4n) is 8.11. The van der Waals surface area contributed by atoms with Gasteiger partial charge in [0.05, 0.1) is 0 Å². The molecule has 9 rings (SSSR count). The summed E-state index contributed by atoms with van der Waals surface area (Å²) in [6.07, 6.45) is 16.5. The second-order valence-electron chi connectivity index (χ2n) is 12.6. The monoisotopic (exact) mass is 568 g/mol. The third-order valence-corrected chi connectivity index (χ3v) is 10.2. The molecule has 2 heteroatoms. The largest absolute Gasteiger partial charge is 0.341 e. The van der Waals surface area contributed by atoms with E-state index in [9.17, 15) is 0 Å². The summed E-state index contributed by atoms with van der Waals surface area (Å²) in [5.41, 5.74) is 13.8. The molecule has 5 aromatic carbocycles. The molecule has 214 valence electrons. The summed E-state index contributed by atoms with van der Waals surface area (Å²) < 4.78 is 0. The van der Waals surface area contributed by atoms with E-state index in [0.717, 1.165) is 13.1 Å². The fourth-order valence-corrected chi connectivity index (χ4v) is 8.11. The average molecular weight is 569 g/mol. The number of hydrogen-bond donors (Lipinski definition) is 0. The van der Waals surface area contributed by atoms with Crippen LogP contribution < -0.4 is 9.80 Å². The van der Waals surface area contributed by atoms with Gasteiger partial charge in [-0.25, -0.2) is 0 Å². The lowest BCUT2D eigenvalue weighted by atomic mass is 9.85. The Balaban J connectivity index is 1.33. The maximum Gasteiger partial charge on any atom is 0.0417 e. The van der Waals surface area contributed by atoms with Gasteiger partial charge in [-0.05, 0) is 130 Å². The second kappa shape index (κ2) is 10.4. The van der Waals surface area contributed by atoms with Crippen LogP contribution in [0.3, 0.4) is 0 Å². The zero-order valence-electron chi connectivity index (χ0n) is 25.1. The SMILES string of the molecule is C1=CC2=C(CC1)CCN2c1ccc2c(-c3ccccc3)c3cc(N4CCC5=C4C=CCC5)ccc3c(-c3ccccc3)c2c1. The first-order chi connectivity index (χ1) is 21.8. The standard InChI is InChI=1S/C42H36N2/c1-3-13-31(14-4-1)41-35-21-19-34(44-26-24-30-12-8-10-18-40(30)44)28-38(35)42(32-15-5-2-6-16-32)36-22-20-33(27-37(36)41)43-25-23-29-11-7-9-17-39(29)43/h1-6,9-10,13-22,27-28H,7-8,11-12,23-26H2. The van der Waals surface area contributed by atoms with E-state index in [1.807, 2.05) is 0 Å². The van der Waals surface area contributed by atoms with Crippen molar-refractivity contribution in [3.63, 3.8) is 0 Å². The Hall–Kier alpha value is -4.82. The van der Waals surface area contributed by atoms with E-state index in [1.165, 1.54) is 105 Å². The lowest BCUT2D eigenvalue weighted by molar-refractivity contribution is 0.898. The zero-order valence-corrected chi connectivity index (χ0v) is 25.1. The molecule has 2 nitrogen and oxygen atoms in total. The lowest BCUT2D eigenvalue weighted by Gasteiger charge is -2.26. The van der Waals surface area contributed by atoms with E-state index < -0.39 is 0 Å². The van der Waals surface area contributed by atoms with E-state index in [0.29, 0.717) is 0 Å². The van der Waals surface area contributed by atoms with Crippen molar-refractivity contribution in [2.45, 2.75) is 38.5 Å². The summed E-state index contributed by atoms with van der Waals surface area (Å²) in [4.78, 5) is 5.09. The minimum atomic E-state index is 1.06. The molecule has 0 unspecified atom stereocenters. The van der Waals surface area contributed by atoms with Gasteiger partial charge in [0, 0.05) is 35.9 Å². The highest BCUT2D eigenvalue weighted by Crippen LogP contribution is 2.47. The van der Waals surface area contributed by atoms with Crippen LogP contribution in [0.15, 0.2) is 144 Å². The van der Waals surface area contributed by atoms with E-state index in [2.05, 4.69) is 131 Å². The van der Waals surface area contributed by atoms with Crippen LogP contribution in [0.5, 0.6) is 0 Å². The molecule has 0 aromatic heterocycles. The van der Waals surface area contributed by atoms with Crippen LogP contribution in [0.4, 0.5) is 11.4 Å². The predicted molar refractivity (Wildman–Crippen MR) is 187 cm³/mol. The molecule has 2 heterocycles. The molecule has 4 aliphatic rings. The van der Waals surface area contributed by atoms with Crippen LogP contribution in [0, 0.1) is 0 Å². The molecule has 2 aliphatic carbocycles. The van der Waals surface area contributed by atoms with Gasteiger partial charge in [-0.2, -0.15) is 0 Å². The van der Waals surface area contributed by atoms with Gasteiger partial charge >= 0.3 is 0 Å². The summed E-state index contributed by atoms with van der Waals surface area (Å²) in [5, 5.41) is 5.27. The molecule has 0 N–H and O–H groups in total. The first-order valence-electron chi connectivity index (χ1n) is 16.3. The Morgan fingerprint density at radius 3 is 1.34 bits per heavy atom. The van der Waals surface area contributed by atoms with Crippen molar-refractivity contribution in [1.29, 1.82) is 0 Å². The highest BCUT2D eigenvalue weighted by atomic mass is 15.2. The van der Waals surface area contributed by atoms with Crippen LogP contribution in [0.2, 0.25) is 0 Å². The van der Waals surface area contributed by atoms with E-state index >= 15 is 0 Å². The molecule has 0 radical (unpaired) electrons. The Morgan fingerprint density at radius 2 is 0.886 bits per heavy atom. The van der Waals surface area contributed by atoms with Crippen LogP contribution in [-0.2, 0) is 0 Å². The molecule has 0 spiro atoms. The maximum atomic E-state index is 2.55. The summed E-state index contributed by atoms with van der Waals surface area (Å²) >= 11 is 0. The lowest BCUT2D eigenvalue weighted by Crippen LogP contribution is -2.18. The van der Waals surface area contributed by atoms with Crippen molar-refractivity contribution >= 4 is 32.9 Å². The predicted octanol–water partition coefficient (Wildman–Crippen LogP) is 11.0. The van der Waals surface area contributed by atoms with Gasteiger partial charge in [-0.3, -0.25) is 0 Å². The minimum absolute atomic E-state index is 1.06. The maximum absolute atomic E-state index is 2.55. The van der Waals surface area contributed by atoms with Crippen molar-refractivity contribution in [2.75, 3.05) is 22.9 Å². The normalized spacial score (nSPS) is 17.7. The molecular weight excluding hydrogens is 532 g/mol. The Labute approximate surface area is 259 Å². The van der Waals surface area contributed by atoms with E-state index in [-0.39, 0.29) is 0 Å². The molecule has 0 bridgehead atoms. The topological polar surface area (TPSA) is 6.48 Å². The third kappa shape index (κ3) is 4.08. The summed E-state index contributed by atoms with van der Waals surface area (Å²) in [6.45, 7) is 2.12. The highest BCUT2D eigenvalue weighted by Gasteiger charge is 2.27. The van der Waals surface area contributed by atoms with E-state index in [1.54, 1.807) is 11.1 Å². The number of allylic oxidation sites excluding steroid dienone is 4. The number of anilines is 2. The van der Waals surface area contributed by atoms with Gasteiger partial charge in [-0.1, -0.05) is 84.9 Å². The Bertz CT molecular complexity index is 1910. The molecule has 0 saturated heterocycles. The van der Waals surface area contributed by atoms with Crippen LogP contribution in [-0.4, -0.2) is 13.1 Å². The minimum Gasteiger partial charge on any atom is -0.341 e. The first-order valence-corrected chi connectivity index (χ1v) is 16.3. The first kappa shape index (κ1) is 25.7. The quantitative estimate of drug-likeness (QED) is 0.199. The molecule has 44 heavy (non-hydrogen) atoms. The average Bonchev–Trinajstić information content (AvgIpc) is 3.72. The van der Waals surface area contributed by atoms with Crippen LogP contribution >= 0.6 is 0 Å². The number of hydrogen-bond acceptors (Lipinski definition) is 2. The van der Waals surface area contributed by atoms with Crippen molar-refractivity contribution < 1.29 is 0 Å². The summed E-state index contributed by atoms with van der Waals surface area (Å²) in [6, 6.07) is 36.5. The van der Waals surface area contributed by atoms with E-state index in [4.69, 9.17) is 0 Å². The van der Waals surface area contributed by atoms with Gasteiger partial charge in [0.15, 0.2) is 0 Å². The number of rotatable bonds is 4. The van der Waals surface area contributed by atoms with Gasteiger partial charge in [0.1, 0.15) is 0 Å². The highest BCUT2D eigenvalue weighted by molar-refractivity contribution is 6.22. The molecule has 5 aromatic rings. The molecule has 0 saturated carbocycles. The number of nitrogens with zero attached hydrogens (tertiary/aromatic N) is 2. The van der Waals surface area contributed by atoms with Gasteiger partial charge in [-0.15, -0.1) is 0 Å². The molecular formula is C42H36N2. The Kier molecular flexibility index (Phi) is 6.07. The fraction of sp³-hybridized carbons (Fsp3) is 0.190. The zero-order chi connectivity index (χ0) is 29.0.